The monoisotopic (exact) mass is 206 g/mol. The van der Waals surface area contributed by atoms with Gasteiger partial charge in [-0.3, -0.25) is 0 Å². The maximum Gasteiger partial charge on any atom is 0.135 e. The van der Waals surface area contributed by atoms with E-state index in [0.29, 0.717) is 5.69 Å². The molecule has 0 aliphatic heterocycles. The van der Waals surface area contributed by atoms with Crippen LogP contribution in [0.4, 0.5) is 0 Å². The average molecular weight is 206 g/mol. The standard InChI is InChI=1S/C8H6N4OS/c9-12-6-2-4-14-8(6)7(10-12)5-1-3-13-11-5/h1-4H,9H2. The van der Waals surface area contributed by atoms with Gasteiger partial charge in [-0.05, 0) is 11.4 Å². The Hall–Kier alpha value is -1.82. The Morgan fingerprint density at radius 3 is 3.14 bits per heavy atom. The molecule has 0 spiro atoms. The Labute approximate surface area is 82.7 Å². The Balaban J connectivity index is 2.36. The van der Waals surface area contributed by atoms with Crippen molar-refractivity contribution < 1.29 is 4.52 Å². The van der Waals surface area contributed by atoms with E-state index in [2.05, 4.69) is 10.3 Å². The fourth-order valence-corrected chi connectivity index (χ4v) is 2.24. The molecule has 0 aliphatic carbocycles. The topological polar surface area (TPSA) is 69.9 Å². The Morgan fingerprint density at radius 2 is 2.36 bits per heavy atom. The summed E-state index contributed by atoms with van der Waals surface area (Å²) in [5.74, 6) is 5.68. The van der Waals surface area contributed by atoms with Crippen LogP contribution in [0.2, 0.25) is 0 Å². The van der Waals surface area contributed by atoms with E-state index < -0.39 is 0 Å². The predicted octanol–water partition coefficient (Wildman–Crippen LogP) is 1.47. The van der Waals surface area contributed by atoms with Crippen molar-refractivity contribution >= 4 is 21.6 Å². The zero-order valence-corrected chi connectivity index (χ0v) is 7.86. The summed E-state index contributed by atoms with van der Waals surface area (Å²) in [6.45, 7) is 0. The third-order valence-corrected chi connectivity index (χ3v) is 2.90. The number of nitrogen functional groups attached to an aromatic ring is 1. The molecule has 0 saturated carbocycles. The second-order valence-corrected chi connectivity index (χ2v) is 3.73. The Kier molecular flexibility index (Phi) is 1.40. The SMILES string of the molecule is Nn1nc(-c2ccon2)c2sccc21. The molecule has 0 atom stereocenters. The molecule has 3 aromatic heterocycles. The summed E-state index contributed by atoms with van der Waals surface area (Å²) in [6.07, 6.45) is 1.52. The highest BCUT2D eigenvalue weighted by atomic mass is 32.1. The van der Waals surface area contributed by atoms with Gasteiger partial charge in [-0.25, -0.2) is 0 Å². The van der Waals surface area contributed by atoms with Crippen LogP contribution in [0.5, 0.6) is 0 Å². The van der Waals surface area contributed by atoms with Crippen molar-refractivity contribution in [1.82, 2.24) is 15.0 Å². The molecule has 0 radical (unpaired) electrons. The summed E-state index contributed by atoms with van der Waals surface area (Å²) in [6, 6.07) is 3.69. The van der Waals surface area contributed by atoms with Crippen LogP contribution in [0.1, 0.15) is 0 Å². The van der Waals surface area contributed by atoms with E-state index in [9.17, 15) is 0 Å². The first-order chi connectivity index (χ1) is 6.86. The molecule has 0 fully saturated rings. The van der Waals surface area contributed by atoms with Crippen molar-refractivity contribution in [1.29, 1.82) is 0 Å². The molecule has 3 rings (SSSR count). The van der Waals surface area contributed by atoms with Gasteiger partial charge in [0.15, 0.2) is 0 Å². The van der Waals surface area contributed by atoms with Crippen molar-refractivity contribution in [2.75, 3.05) is 5.84 Å². The first kappa shape index (κ1) is 7.57. The molecule has 0 bridgehead atoms. The van der Waals surface area contributed by atoms with Crippen LogP contribution in [-0.4, -0.2) is 15.0 Å². The van der Waals surface area contributed by atoms with Crippen molar-refractivity contribution in [3.63, 3.8) is 0 Å². The summed E-state index contributed by atoms with van der Waals surface area (Å²) in [7, 11) is 0. The summed E-state index contributed by atoms with van der Waals surface area (Å²) < 4.78 is 5.80. The lowest BCUT2D eigenvalue weighted by Crippen LogP contribution is -2.08. The van der Waals surface area contributed by atoms with E-state index in [-0.39, 0.29) is 0 Å². The molecule has 5 nitrogen and oxygen atoms in total. The molecule has 70 valence electrons. The van der Waals surface area contributed by atoms with Crippen molar-refractivity contribution in [3.05, 3.63) is 23.8 Å². The van der Waals surface area contributed by atoms with Crippen LogP contribution in [0, 0.1) is 0 Å². The summed E-state index contributed by atoms with van der Waals surface area (Å²) in [5.41, 5.74) is 2.39. The van der Waals surface area contributed by atoms with E-state index in [4.69, 9.17) is 10.4 Å². The molecular formula is C8H6N4OS. The lowest BCUT2D eigenvalue weighted by atomic mass is 10.3. The van der Waals surface area contributed by atoms with Crippen molar-refractivity contribution in [3.8, 4) is 11.4 Å². The number of thiophene rings is 1. The molecule has 6 heteroatoms. The second kappa shape index (κ2) is 2.58. The van der Waals surface area contributed by atoms with Gasteiger partial charge in [0.2, 0.25) is 0 Å². The molecule has 3 heterocycles. The van der Waals surface area contributed by atoms with Crippen LogP contribution in [0.15, 0.2) is 28.3 Å². The smallest absolute Gasteiger partial charge is 0.135 e. The summed E-state index contributed by atoms with van der Waals surface area (Å²) >= 11 is 1.59. The summed E-state index contributed by atoms with van der Waals surface area (Å²) in [5, 5.41) is 9.98. The van der Waals surface area contributed by atoms with Gasteiger partial charge in [0.05, 0.1) is 4.70 Å². The van der Waals surface area contributed by atoms with E-state index in [0.717, 1.165) is 15.9 Å². The molecule has 0 unspecified atom stereocenters. The maximum atomic E-state index is 5.68. The van der Waals surface area contributed by atoms with Gasteiger partial charge in [0.1, 0.15) is 23.2 Å². The number of aromatic nitrogens is 3. The highest BCUT2D eigenvalue weighted by Crippen LogP contribution is 2.29. The lowest BCUT2D eigenvalue weighted by molar-refractivity contribution is 0.422. The number of nitrogens with zero attached hydrogens (tertiary/aromatic N) is 3. The fraction of sp³-hybridized carbons (Fsp3) is 0. The molecule has 2 N–H and O–H groups in total. The third kappa shape index (κ3) is 0.882. The van der Waals surface area contributed by atoms with Crippen LogP contribution in [-0.2, 0) is 0 Å². The Bertz CT molecular complexity index is 565. The van der Waals surface area contributed by atoms with Gasteiger partial charge in [0, 0.05) is 6.07 Å². The fourth-order valence-electron chi connectivity index (χ4n) is 1.37. The van der Waals surface area contributed by atoms with Crippen molar-refractivity contribution in [2.24, 2.45) is 0 Å². The highest BCUT2D eigenvalue weighted by molar-refractivity contribution is 7.17. The van der Waals surface area contributed by atoms with E-state index in [1.165, 1.54) is 11.1 Å². The molecule has 14 heavy (non-hydrogen) atoms. The third-order valence-electron chi connectivity index (χ3n) is 1.99. The van der Waals surface area contributed by atoms with Gasteiger partial charge in [-0.1, -0.05) is 5.16 Å². The number of hydrogen-bond donors (Lipinski definition) is 1. The minimum atomic E-state index is 0.710. The van der Waals surface area contributed by atoms with Gasteiger partial charge in [0.25, 0.3) is 0 Å². The zero-order chi connectivity index (χ0) is 9.54. The molecule has 0 saturated heterocycles. The first-order valence-corrected chi connectivity index (χ1v) is 4.86. The number of fused-ring (bicyclic) bond motifs is 1. The predicted molar refractivity (Wildman–Crippen MR) is 53.3 cm³/mol. The van der Waals surface area contributed by atoms with E-state index in [1.54, 1.807) is 17.4 Å². The number of nitrogens with two attached hydrogens (primary N) is 1. The average Bonchev–Trinajstić information content (AvgIpc) is 2.84. The van der Waals surface area contributed by atoms with E-state index >= 15 is 0 Å². The Morgan fingerprint density at radius 1 is 1.43 bits per heavy atom. The van der Waals surface area contributed by atoms with Gasteiger partial charge in [-0.15, -0.1) is 16.4 Å². The van der Waals surface area contributed by atoms with Gasteiger partial charge < -0.3 is 10.4 Å². The van der Waals surface area contributed by atoms with Gasteiger partial charge in [-0.2, -0.15) is 4.79 Å². The lowest BCUT2D eigenvalue weighted by Gasteiger charge is -1.87. The zero-order valence-electron chi connectivity index (χ0n) is 7.04. The highest BCUT2D eigenvalue weighted by Gasteiger charge is 2.13. The maximum absolute atomic E-state index is 5.68. The minimum Gasteiger partial charge on any atom is -0.364 e. The first-order valence-electron chi connectivity index (χ1n) is 3.98. The minimum absolute atomic E-state index is 0.710. The summed E-state index contributed by atoms with van der Waals surface area (Å²) in [4.78, 5) is 1.36. The second-order valence-electron chi connectivity index (χ2n) is 2.81. The number of hydrogen-bond acceptors (Lipinski definition) is 5. The van der Waals surface area contributed by atoms with E-state index in [1.807, 2.05) is 11.4 Å². The van der Waals surface area contributed by atoms with Crippen LogP contribution in [0.3, 0.4) is 0 Å². The molecule has 0 aromatic carbocycles. The van der Waals surface area contributed by atoms with Gasteiger partial charge >= 0.3 is 0 Å². The number of rotatable bonds is 1. The van der Waals surface area contributed by atoms with Crippen molar-refractivity contribution in [2.45, 2.75) is 0 Å². The normalized spacial score (nSPS) is 11.1. The molecular weight excluding hydrogens is 200 g/mol. The van der Waals surface area contributed by atoms with Crippen LogP contribution in [0.25, 0.3) is 21.6 Å². The van der Waals surface area contributed by atoms with Crippen LogP contribution < -0.4 is 5.84 Å². The molecule has 0 amide bonds. The quantitative estimate of drug-likeness (QED) is 0.612. The largest absolute Gasteiger partial charge is 0.364 e. The molecule has 0 aliphatic rings. The van der Waals surface area contributed by atoms with Crippen LogP contribution >= 0.6 is 11.3 Å². The molecule has 3 aromatic rings.